The average molecular weight is 396 g/mol. The largest absolute Gasteiger partial charge is 0.492 e. The average Bonchev–Trinajstić information content (AvgIpc) is 2.75. The summed E-state index contributed by atoms with van der Waals surface area (Å²) in [6.07, 6.45) is 5.38. The fourth-order valence-corrected chi connectivity index (χ4v) is 3.33. The molecule has 1 aliphatic rings. The molecule has 3 rings (SSSR count). The first-order valence-corrected chi connectivity index (χ1v) is 9.94. The molecule has 154 valence electrons. The third-order valence-corrected chi connectivity index (χ3v) is 4.93. The van der Waals surface area contributed by atoms with Crippen LogP contribution in [0.25, 0.3) is 5.70 Å². The van der Waals surface area contributed by atoms with Crippen molar-refractivity contribution < 1.29 is 9.53 Å². The summed E-state index contributed by atoms with van der Waals surface area (Å²) in [4.78, 5) is 15.0. The lowest BCUT2D eigenvalue weighted by molar-refractivity contribution is 0.102. The van der Waals surface area contributed by atoms with Crippen molar-refractivity contribution in [3.63, 3.8) is 0 Å². The Morgan fingerprint density at radius 3 is 2.55 bits per heavy atom. The molecule has 1 saturated heterocycles. The van der Waals surface area contributed by atoms with E-state index >= 15 is 0 Å². The second-order valence-corrected chi connectivity index (χ2v) is 7.08. The van der Waals surface area contributed by atoms with Crippen molar-refractivity contribution in [2.75, 3.05) is 31.6 Å². The molecule has 6 N–H and O–H groups in total. The predicted octanol–water partition coefficient (Wildman–Crippen LogP) is 2.52. The molecular formula is C22H29N5O2. The van der Waals surface area contributed by atoms with Crippen molar-refractivity contribution in [3.05, 3.63) is 65.9 Å². The normalized spacial score (nSPS) is 15.0. The van der Waals surface area contributed by atoms with Crippen molar-refractivity contribution in [1.29, 1.82) is 0 Å². The molecule has 0 unspecified atom stereocenters. The number of benzene rings is 2. The molecule has 1 aliphatic heterocycles. The summed E-state index contributed by atoms with van der Waals surface area (Å²) in [7, 11) is 0. The number of nitrogens with zero attached hydrogens (tertiary/aromatic N) is 1. The first kappa shape index (κ1) is 20.7. The summed E-state index contributed by atoms with van der Waals surface area (Å²) >= 11 is 0. The van der Waals surface area contributed by atoms with E-state index < -0.39 is 0 Å². The number of hydrogen-bond donors (Lipinski definition) is 4. The number of hydrogen-bond acceptors (Lipinski definition) is 6. The Hall–Kier alpha value is -3.03. The molecule has 0 aromatic heterocycles. The Labute approximate surface area is 171 Å². The number of ether oxygens (including phenoxy) is 1. The van der Waals surface area contributed by atoms with Gasteiger partial charge < -0.3 is 21.2 Å². The fourth-order valence-electron chi connectivity index (χ4n) is 3.33. The van der Waals surface area contributed by atoms with E-state index in [2.05, 4.69) is 15.6 Å². The zero-order valence-electron chi connectivity index (χ0n) is 16.6. The number of carbonyl (C=O) groups excluding carboxylic acids is 1. The van der Waals surface area contributed by atoms with Gasteiger partial charge in [0.25, 0.3) is 5.91 Å². The molecule has 7 heteroatoms. The van der Waals surface area contributed by atoms with E-state index in [4.69, 9.17) is 16.3 Å². The standard InChI is InChI=1S/C22H29N5O2/c23-21(16-25-24)18-5-4-6-19(15-18)26-22(28)17-7-9-20(10-8-17)29-14-13-27-11-2-1-3-12-27/h4-10,15-16,25H,1-3,11-14,23-24H2,(H,26,28)/b21-16-. The lowest BCUT2D eigenvalue weighted by atomic mass is 10.1. The van der Waals surface area contributed by atoms with Crippen LogP contribution in [0.1, 0.15) is 35.2 Å². The quantitative estimate of drug-likeness (QED) is 0.404. The number of nitrogens with two attached hydrogens (primary N) is 2. The summed E-state index contributed by atoms with van der Waals surface area (Å²) in [6, 6.07) is 14.5. The van der Waals surface area contributed by atoms with Gasteiger partial charge in [-0.2, -0.15) is 0 Å². The molecule has 7 nitrogen and oxygen atoms in total. The first-order chi connectivity index (χ1) is 14.2. The van der Waals surface area contributed by atoms with Gasteiger partial charge in [0.1, 0.15) is 12.4 Å². The van der Waals surface area contributed by atoms with E-state index in [1.807, 2.05) is 30.3 Å². The molecule has 0 atom stereocenters. The number of nitrogens with one attached hydrogen (secondary N) is 2. The molecular weight excluding hydrogens is 366 g/mol. The number of likely N-dealkylation sites (tertiary alicyclic amines) is 1. The predicted molar refractivity (Wildman–Crippen MR) is 116 cm³/mol. The molecule has 0 radical (unpaired) electrons. The van der Waals surface area contributed by atoms with Gasteiger partial charge >= 0.3 is 0 Å². The van der Waals surface area contributed by atoms with Crippen molar-refractivity contribution in [1.82, 2.24) is 10.3 Å². The van der Waals surface area contributed by atoms with Gasteiger partial charge in [0, 0.05) is 29.6 Å². The van der Waals surface area contributed by atoms with Crippen LogP contribution in [0.2, 0.25) is 0 Å². The van der Waals surface area contributed by atoms with E-state index in [1.165, 1.54) is 25.5 Å². The molecule has 0 aliphatic carbocycles. The van der Waals surface area contributed by atoms with Crippen molar-refractivity contribution in [2.45, 2.75) is 19.3 Å². The van der Waals surface area contributed by atoms with Crippen LogP contribution in [0, 0.1) is 0 Å². The van der Waals surface area contributed by atoms with Crippen LogP contribution in [0.5, 0.6) is 5.75 Å². The van der Waals surface area contributed by atoms with Gasteiger partial charge in [0.05, 0.1) is 5.70 Å². The number of hydrazine groups is 1. The number of piperidine rings is 1. The first-order valence-electron chi connectivity index (χ1n) is 9.94. The minimum Gasteiger partial charge on any atom is -0.492 e. The molecule has 1 heterocycles. The third-order valence-electron chi connectivity index (χ3n) is 4.93. The maximum Gasteiger partial charge on any atom is 0.255 e. The maximum atomic E-state index is 12.5. The van der Waals surface area contributed by atoms with Gasteiger partial charge in [-0.3, -0.25) is 15.5 Å². The zero-order valence-corrected chi connectivity index (χ0v) is 16.6. The van der Waals surface area contributed by atoms with E-state index in [1.54, 1.807) is 18.2 Å². The Balaban J connectivity index is 1.52. The maximum absolute atomic E-state index is 12.5. The third kappa shape index (κ3) is 6.23. The van der Waals surface area contributed by atoms with E-state index in [0.29, 0.717) is 23.6 Å². The van der Waals surface area contributed by atoms with Gasteiger partial charge in [-0.1, -0.05) is 18.6 Å². The van der Waals surface area contributed by atoms with Crippen LogP contribution in [0.15, 0.2) is 54.7 Å². The Bertz CT molecular complexity index is 829. The van der Waals surface area contributed by atoms with Crippen LogP contribution in [0.4, 0.5) is 5.69 Å². The summed E-state index contributed by atoms with van der Waals surface area (Å²) in [5, 5.41) is 2.88. The van der Waals surface area contributed by atoms with Gasteiger partial charge in [-0.05, 0) is 62.3 Å². The molecule has 0 saturated carbocycles. The minimum absolute atomic E-state index is 0.193. The highest BCUT2D eigenvalue weighted by Gasteiger charge is 2.10. The van der Waals surface area contributed by atoms with E-state index in [-0.39, 0.29) is 5.91 Å². The molecule has 2 aromatic carbocycles. The minimum atomic E-state index is -0.193. The van der Waals surface area contributed by atoms with Crippen molar-refractivity contribution in [2.24, 2.45) is 11.6 Å². The van der Waals surface area contributed by atoms with Crippen molar-refractivity contribution in [3.8, 4) is 5.75 Å². The fraction of sp³-hybridized carbons (Fsp3) is 0.318. The number of carbonyl (C=O) groups is 1. The van der Waals surface area contributed by atoms with Gasteiger partial charge in [0.15, 0.2) is 0 Å². The monoisotopic (exact) mass is 395 g/mol. The second kappa shape index (κ2) is 10.5. The molecule has 29 heavy (non-hydrogen) atoms. The Kier molecular flexibility index (Phi) is 7.49. The molecule has 2 aromatic rings. The Morgan fingerprint density at radius 2 is 1.83 bits per heavy atom. The molecule has 1 amide bonds. The zero-order chi connectivity index (χ0) is 20.5. The summed E-state index contributed by atoms with van der Waals surface area (Å²) in [5.74, 6) is 5.83. The highest BCUT2D eigenvalue weighted by molar-refractivity contribution is 6.04. The highest BCUT2D eigenvalue weighted by atomic mass is 16.5. The Morgan fingerprint density at radius 1 is 1.07 bits per heavy atom. The van der Waals surface area contributed by atoms with Crippen LogP contribution in [0.3, 0.4) is 0 Å². The second-order valence-electron chi connectivity index (χ2n) is 7.08. The lowest BCUT2D eigenvalue weighted by Crippen LogP contribution is -2.33. The SMILES string of the molecule is NN/C=C(\N)c1cccc(NC(=O)c2ccc(OCCN3CCCCC3)cc2)c1. The highest BCUT2D eigenvalue weighted by Crippen LogP contribution is 2.18. The van der Waals surface area contributed by atoms with Gasteiger partial charge in [0.2, 0.25) is 0 Å². The van der Waals surface area contributed by atoms with Crippen LogP contribution >= 0.6 is 0 Å². The van der Waals surface area contributed by atoms with Gasteiger partial charge in [-0.25, -0.2) is 0 Å². The topological polar surface area (TPSA) is 106 Å². The number of anilines is 1. The summed E-state index contributed by atoms with van der Waals surface area (Å²) in [6.45, 7) is 3.92. The smallest absolute Gasteiger partial charge is 0.255 e. The molecule has 0 bridgehead atoms. The summed E-state index contributed by atoms with van der Waals surface area (Å²) < 4.78 is 5.82. The number of amides is 1. The van der Waals surface area contributed by atoms with Gasteiger partial charge in [-0.15, -0.1) is 0 Å². The summed E-state index contributed by atoms with van der Waals surface area (Å²) in [5.41, 5.74) is 10.8. The lowest BCUT2D eigenvalue weighted by Gasteiger charge is -2.26. The van der Waals surface area contributed by atoms with E-state index in [9.17, 15) is 4.79 Å². The van der Waals surface area contributed by atoms with E-state index in [0.717, 1.165) is 30.9 Å². The van der Waals surface area contributed by atoms with Crippen LogP contribution in [-0.4, -0.2) is 37.0 Å². The number of rotatable bonds is 8. The van der Waals surface area contributed by atoms with Crippen LogP contribution < -0.4 is 27.1 Å². The molecule has 1 fully saturated rings. The van der Waals surface area contributed by atoms with Crippen molar-refractivity contribution >= 4 is 17.3 Å². The van der Waals surface area contributed by atoms with Crippen LogP contribution in [-0.2, 0) is 0 Å². The molecule has 0 spiro atoms.